The van der Waals surface area contributed by atoms with E-state index in [0.29, 0.717) is 10.7 Å². The van der Waals surface area contributed by atoms with Crippen LogP contribution in [0.1, 0.15) is 11.3 Å². The number of thioether (sulfide) groups is 1. The number of hydrogen-bond acceptors (Lipinski definition) is 6. The minimum absolute atomic E-state index is 0.169. The first kappa shape index (κ1) is 13.0. The Morgan fingerprint density at radius 3 is 3.05 bits per heavy atom. The molecule has 0 atom stereocenters. The summed E-state index contributed by atoms with van der Waals surface area (Å²) in [6, 6.07) is 5.27. The van der Waals surface area contributed by atoms with Gasteiger partial charge in [0.1, 0.15) is 0 Å². The van der Waals surface area contributed by atoms with E-state index in [4.69, 9.17) is 0 Å². The molecule has 0 unspecified atom stereocenters. The summed E-state index contributed by atoms with van der Waals surface area (Å²) in [4.78, 5) is 21.0. The molecule has 0 aromatic carbocycles. The van der Waals surface area contributed by atoms with E-state index in [2.05, 4.69) is 15.1 Å². The molecule has 0 bridgehead atoms. The lowest BCUT2D eigenvalue weighted by atomic mass is 10.2. The van der Waals surface area contributed by atoms with E-state index < -0.39 is 0 Å². The molecule has 3 aromatic heterocycles. The van der Waals surface area contributed by atoms with E-state index in [9.17, 15) is 4.79 Å². The summed E-state index contributed by atoms with van der Waals surface area (Å²) >= 11 is 2.91. The second-order valence-electron chi connectivity index (χ2n) is 3.91. The first-order valence-corrected chi connectivity index (χ1v) is 7.83. The molecular weight excluding hydrogens is 292 g/mol. The van der Waals surface area contributed by atoms with Gasteiger partial charge in [0.15, 0.2) is 4.34 Å². The fourth-order valence-electron chi connectivity index (χ4n) is 1.63. The highest BCUT2D eigenvalue weighted by Gasteiger charge is 2.06. The molecule has 0 aliphatic rings. The van der Waals surface area contributed by atoms with Crippen molar-refractivity contribution in [1.29, 1.82) is 0 Å². The van der Waals surface area contributed by atoms with Gasteiger partial charge in [-0.2, -0.15) is 4.52 Å². The fraction of sp³-hybridized carbons (Fsp3) is 0.0769. The van der Waals surface area contributed by atoms with Gasteiger partial charge in [-0.15, -0.1) is 5.10 Å². The molecule has 100 valence electrons. The minimum Gasteiger partial charge on any atom is -0.267 e. The molecule has 3 rings (SSSR count). The van der Waals surface area contributed by atoms with Gasteiger partial charge in [0.25, 0.3) is 5.56 Å². The van der Waals surface area contributed by atoms with E-state index in [1.807, 2.05) is 24.5 Å². The molecule has 7 heteroatoms. The number of pyridine rings is 1. The van der Waals surface area contributed by atoms with Crippen LogP contribution in [0.3, 0.4) is 0 Å². The second-order valence-corrected chi connectivity index (χ2v) is 5.91. The van der Waals surface area contributed by atoms with Gasteiger partial charge in [0.2, 0.25) is 4.96 Å². The van der Waals surface area contributed by atoms with Crippen molar-refractivity contribution in [3.63, 3.8) is 0 Å². The lowest BCUT2D eigenvalue weighted by Crippen LogP contribution is -2.14. The van der Waals surface area contributed by atoms with Crippen LogP contribution in [0.15, 0.2) is 39.7 Å². The van der Waals surface area contributed by atoms with E-state index in [-0.39, 0.29) is 5.56 Å². The van der Waals surface area contributed by atoms with Gasteiger partial charge < -0.3 is 0 Å². The Morgan fingerprint density at radius 2 is 2.30 bits per heavy atom. The van der Waals surface area contributed by atoms with Crippen LogP contribution in [0.2, 0.25) is 0 Å². The molecule has 0 saturated carbocycles. The average Bonchev–Trinajstić information content (AvgIpc) is 2.90. The van der Waals surface area contributed by atoms with Crippen LogP contribution < -0.4 is 5.56 Å². The van der Waals surface area contributed by atoms with Crippen molar-refractivity contribution < 1.29 is 0 Å². The Hall–Kier alpha value is -1.99. The number of nitrogens with zero attached hydrogens (tertiary/aromatic N) is 4. The summed E-state index contributed by atoms with van der Waals surface area (Å²) in [6.45, 7) is 0. The summed E-state index contributed by atoms with van der Waals surface area (Å²) in [5.41, 5.74) is 1.41. The van der Waals surface area contributed by atoms with Gasteiger partial charge in [0, 0.05) is 18.5 Å². The predicted octanol–water partition coefficient (Wildman–Crippen LogP) is 2.44. The van der Waals surface area contributed by atoms with Crippen LogP contribution in [0, 0.1) is 0 Å². The van der Waals surface area contributed by atoms with Crippen LogP contribution in [0.4, 0.5) is 0 Å². The first-order chi connectivity index (χ1) is 9.76. The van der Waals surface area contributed by atoms with E-state index in [1.165, 1.54) is 33.7 Å². The Morgan fingerprint density at radius 1 is 1.40 bits per heavy atom. The van der Waals surface area contributed by atoms with Gasteiger partial charge in [0.05, 0.1) is 5.69 Å². The van der Waals surface area contributed by atoms with Crippen LogP contribution in [0.5, 0.6) is 0 Å². The van der Waals surface area contributed by atoms with Gasteiger partial charge in [-0.3, -0.25) is 9.78 Å². The van der Waals surface area contributed by atoms with Gasteiger partial charge in [-0.25, -0.2) is 4.98 Å². The summed E-state index contributed by atoms with van der Waals surface area (Å²) in [5, 5.41) is 4.18. The summed E-state index contributed by atoms with van der Waals surface area (Å²) in [5.74, 6) is 0. The number of fused-ring (bicyclic) bond motifs is 1. The molecular formula is C13H10N4OS2. The molecule has 0 N–H and O–H groups in total. The predicted molar refractivity (Wildman–Crippen MR) is 82.1 cm³/mol. The smallest absolute Gasteiger partial charge is 0.267 e. The molecule has 0 radical (unpaired) electrons. The van der Waals surface area contributed by atoms with E-state index >= 15 is 0 Å². The Kier molecular flexibility index (Phi) is 3.62. The van der Waals surface area contributed by atoms with Crippen molar-refractivity contribution in [2.75, 3.05) is 6.26 Å². The SMILES string of the molecule is CSc1nn2c(=O)cc(/C=C/c3cccnc3)nc2s1. The zero-order chi connectivity index (χ0) is 13.9. The van der Waals surface area contributed by atoms with Crippen molar-refractivity contribution in [3.8, 4) is 0 Å². The third-order valence-electron chi connectivity index (χ3n) is 2.55. The van der Waals surface area contributed by atoms with Crippen molar-refractivity contribution in [1.82, 2.24) is 19.6 Å². The van der Waals surface area contributed by atoms with Crippen LogP contribution in [-0.4, -0.2) is 25.8 Å². The molecule has 3 heterocycles. The lowest BCUT2D eigenvalue weighted by Gasteiger charge is -1.94. The van der Waals surface area contributed by atoms with Gasteiger partial charge in [-0.1, -0.05) is 35.2 Å². The highest BCUT2D eigenvalue weighted by atomic mass is 32.2. The normalized spacial score (nSPS) is 11.4. The maximum atomic E-state index is 12.0. The molecule has 0 aliphatic carbocycles. The van der Waals surface area contributed by atoms with Crippen molar-refractivity contribution >= 4 is 40.2 Å². The number of rotatable bonds is 3. The molecule has 20 heavy (non-hydrogen) atoms. The molecule has 5 nitrogen and oxygen atoms in total. The fourth-order valence-corrected chi connectivity index (χ4v) is 3.00. The summed E-state index contributed by atoms with van der Waals surface area (Å²) in [6.07, 6.45) is 9.07. The highest BCUT2D eigenvalue weighted by Crippen LogP contribution is 2.20. The van der Waals surface area contributed by atoms with Crippen LogP contribution in [0.25, 0.3) is 17.1 Å². The van der Waals surface area contributed by atoms with Gasteiger partial charge in [-0.05, 0) is 24.0 Å². The lowest BCUT2D eigenvalue weighted by molar-refractivity contribution is 0.856. The third kappa shape index (κ3) is 2.63. The Bertz CT molecular complexity index is 823. The quantitative estimate of drug-likeness (QED) is 0.695. The maximum absolute atomic E-state index is 12.0. The van der Waals surface area contributed by atoms with Crippen molar-refractivity contribution in [2.45, 2.75) is 4.34 Å². The van der Waals surface area contributed by atoms with Crippen LogP contribution >= 0.6 is 23.1 Å². The van der Waals surface area contributed by atoms with E-state index in [0.717, 1.165) is 9.90 Å². The summed E-state index contributed by atoms with van der Waals surface area (Å²) < 4.78 is 2.15. The first-order valence-electron chi connectivity index (χ1n) is 5.79. The molecule has 0 fully saturated rings. The Labute approximate surface area is 123 Å². The maximum Gasteiger partial charge on any atom is 0.275 e. The Balaban J connectivity index is 2.00. The monoisotopic (exact) mass is 302 g/mol. The molecule has 0 saturated heterocycles. The minimum atomic E-state index is -0.169. The number of hydrogen-bond donors (Lipinski definition) is 0. The third-order valence-corrected chi connectivity index (χ3v) is 4.44. The van der Waals surface area contributed by atoms with Gasteiger partial charge >= 0.3 is 0 Å². The van der Waals surface area contributed by atoms with Crippen LogP contribution in [-0.2, 0) is 0 Å². The van der Waals surface area contributed by atoms with E-state index in [1.54, 1.807) is 18.5 Å². The topological polar surface area (TPSA) is 60.2 Å². The van der Waals surface area contributed by atoms with Crippen molar-refractivity contribution in [3.05, 3.63) is 52.2 Å². The molecule has 0 amide bonds. The standard InChI is InChI=1S/C13H10N4OS2/c1-19-13-16-17-11(18)7-10(15-12(17)20-13)5-4-9-3-2-6-14-8-9/h2-8H,1H3/b5-4+. The largest absolute Gasteiger partial charge is 0.275 e. The molecule has 0 aliphatic heterocycles. The zero-order valence-corrected chi connectivity index (χ0v) is 12.2. The van der Waals surface area contributed by atoms with Crippen molar-refractivity contribution in [2.24, 2.45) is 0 Å². The molecule has 0 spiro atoms. The molecule has 3 aromatic rings. The average molecular weight is 302 g/mol. The number of aromatic nitrogens is 4. The zero-order valence-electron chi connectivity index (χ0n) is 10.6. The highest BCUT2D eigenvalue weighted by molar-refractivity contribution is 8.00. The summed E-state index contributed by atoms with van der Waals surface area (Å²) in [7, 11) is 0. The second kappa shape index (κ2) is 5.56.